The lowest BCUT2D eigenvalue weighted by atomic mass is 10.1. The average Bonchev–Trinajstić information content (AvgIpc) is 2.33. The smallest absolute Gasteiger partial charge is 0.286 e. The number of hydrogen-bond acceptors (Lipinski definition) is 3. The standard InChI is InChI=1S/C14H22O3/c1-5-16-14(15-4,17-6-2)11-13-9-7-12(3)8-10-13/h7-10H,5-6,11H2,1-4H3. The number of methoxy groups -OCH3 is 1. The molecule has 3 heteroatoms. The lowest BCUT2D eigenvalue weighted by Gasteiger charge is -2.31. The Bertz CT molecular complexity index is 313. The molecule has 3 nitrogen and oxygen atoms in total. The highest BCUT2D eigenvalue weighted by atomic mass is 16.9. The van der Waals surface area contributed by atoms with E-state index in [2.05, 4.69) is 31.2 Å². The Hall–Kier alpha value is -0.900. The van der Waals surface area contributed by atoms with Gasteiger partial charge in [-0.15, -0.1) is 0 Å². The Morgan fingerprint density at radius 2 is 1.53 bits per heavy atom. The van der Waals surface area contributed by atoms with Crippen molar-refractivity contribution in [3.63, 3.8) is 0 Å². The highest BCUT2D eigenvalue weighted by Gasteiger charge is 2.31. The first-order valence-electron chi connectivity index (χ1n) is 6.04. The summed E-state index contributed by atoms with van der Waals surface area (Å²) in [6, 6.07) is 8.30. The molecule has 0 spiro atoms. The summed E-state index contributed by atoms with van der Waals surface area (Å²) in [6.45, 7) is 7.04. The first kappa shape index (κ1) is 14.2. The quantitative estimate of drug-likeness (QED) is 0.684. The van der Waals surface area contributed by atoms with E-state index in [9.17, 15) is 0 Å². The van der Waals surface area contributed by atoms with Crippen LogP contribution >= 0.6 is 0 Å². The van der Waals surface area contributed by atoms with Crippen LogP contribution in [-0.2, 0) is 20.6 Å². The van der Waals surface area contributed by atoms with Crippen LogP contribution in [0, 0.1) is 6.92 Å². The molecule has 96 valence electrons. The van der Waals surface area contributed by atoms with Crippen molar-refractivity contribution in [1.82, 2.24) is 0 Å². The predicted octanol–water partition coefficient (Wildman–Crippen LogP) is 2.91. The summed E-state index contributed by atoms with van der Waals surface area (Å²) in [5.74, 6) is -0.960. The van der Waals surface area contributed by atoms with Gasteiger partial charge in [-0.3, -0.25) is 0 Å². The molecule has 0 saturated carbocycles. The zero-order valence-electron chi connectivity index (χ0n) is 11.2. The second-order valence-corrected chi connectivity index (χ2v) is 3.92. The van der Waals surface area contributed by atoms with Gasteiger partial charge in [0.2, 0.25) is 0 Å². The van der Waals surface area contributed by atoms with Gasteiger partial charge >= 0.3 is 0 Å². The third-order valence-corrected chi connectivity index (χ3v) is 2.58. The molecule has 0 heterocycles. The van der Waals surface area contributed by atoms with Crippen LogP contribution in [0.5, 0.6) is 0 Å². The largest absolute Gasteiger partial charge is 0.331 e. The van der Waals surface area contributed by atoms with Crippen molar-refractivity contribution in [2.75, 3.05) is 20.3 Å². The summed E-state index contributed by atoms with van der Waals surface area (Å²) in [6.07, 6.45) is 0.589. The van der Waals surface area contributed by atoms with Crippen molar-refractivity contribution in [3.8, 4) is 0 Å². The predicted molar refractivity (Wildman–Crippen MR) is 67.9 cm³/mol. The maximum atomic E-state index is 5.61. The third-order valence-electron chi connectivity index (χ3n) is 2.58. The molecule has 0 atom stereocenters. The monoisotopic (exact) mass is 238 g/mol. The number of benzene rings is 1. The van der Waals surface area contributed by atoms with Crippen LogP contribution in [0.2, 0.25) is 0 Å². The van der Waals surface area contributed by atoms with Gasteiger partial charge < -0.3 is 14.2 Å². The van der Waals surface area contributed by atoms with Gasteiger partial charge in [0.1, 0.15) is 0 Å². The topological polar surface area (TPSA) is 27.7 Å². The van der Waals surface area contributed by atoms with Crippen LogP contribution in [-0.4, -0.2) is 26.3 Å². The highest BCUT2D eigenvalue weighted by Crippen LogP contribution is 2.21. The first-order valence-corrected chi connectivity index (χ1v) is 6.04. The third kappa shape index (κ3) is 4.11. The molecule has 0 amide bonds. The number of ether oxygens (including phenoxy) is 3. The second kappa shape index (κ2) is 6.74. The Balaban J connectivity index is 2.80. The molecule has 0 aliphatic carbocycles. The molecule has 0 aliphatic heterocycles. The van der Waals surface area contributed by atoms with Crippen molar-refractivity contribution in [3.05, 3.63) is 35.4 Å². The van der Waals surface area contributed by atoms with Gasteiger partial charge in [0, 0.05) is 20.3 Å². The minimum Gasteiger partial charge on any atom is -0.331 e. The Labute approximate surface area is 104 Å². The molecule has 17 heavy (non-hydrogen) atoms. The summed E-state index contributed by atoms with van der Waals surface area (Å²) in [4.78, 5) is 0. The van der Waals surface area contributed by atoms with Gasteiger partial charge in [-0.2, -0.15) is 0 Å². The fourth-order valence-corrected chi connectivity index (χ4v) is 1.73. The Morgan fingerprint density at radius 1 is 1.00 bits per heavy atom. The zero-order valence-corrected chi connectivity index (χ0v) is 11.2. The summed E-state index contributed by atoms with van der Waals surface area (Å²) in [7, 11) is 1.61. The van der Waals surface area contributed by atoms with E-state index in [4.69, 9.17) is 14.2 Å². The highest BCUT2D eigenvalue weighted by molar-refractivity contribution is 5.22. The number of aryl methyl sites for hydroxylation is 1. The van der Waals surface area contributed by atoms with E-state index < -0.39 is 5.97 Å². The summed E-state index contributed by atoms with van der Waals surface area (Å²) in [5, 5.41) is 0. The second-order valence-electron chi connectivity index (χ2n) is 3.92. The molecule has 0 aliphatic rings. The van der Waals surface area contributed by atoms with Crippen molar-refractivity contribution in [2.45, 2.75) is 33.2 Å². The lowest BCUT2D eigenvalue weighted by Crippen LogP contribution is -2.40. The van der Waals surface area contributed by atoms with E-state index in [1.165, 1.54) is 5.56 Å². The molecule has 0 N–H and O–H groups in total. The van der Waals surface area contributed by atoms with Gasteiger partial charge in [0.15, 0.2) is 0 Å². The molecular weight excluding hydrogens is 216 g/mol. The molecule has 0 saturated heterocycles. The van der Waals surface area contributed by atoms with Crippen molar-refractivity contribution in [1.29, 1.82) is 0 Å². The van der Waals surface area contributed by atoms with E-state index >= 15 is 0 Å². The van der Waals surface area contributed by atoms with Crippen LogP contribution in [0.15, 0.2) is 24.3 Å². The van der Waals surface area contributed by atoms with E-state index in [1.54, 1.807) is 7.11 Å². The molecule has 1 rings (SSSR count). The average molecular weight is 238 g/mol. The Morgan fingerprint density at radius 3 is 1.94 bits per heavy atom. The summed E-state index contributed by atoms with van der Waals surface area (Å²) in [5.41, 5.74) is 2.38. The SMILES string of the molecule is CCOC(Cc1ccc(C)cc1)(OC)OCC. The van der Waals surface area contributed by atoms with Gasteiger partial charge in [-0.05, 0) is 26.3 Å². The normalized spacial score (nSPS) is 11.8. The molecule has 1 aromatic rings. The van der Waals surface area contributed by atoms with Crippen LogP contribution in [0.25, 0.3) is 0 Å². The minimum absolute atomic E-state index is 0.555. The van der Waals surface area contributed by atoms with Crippen LogP contribution in [0.4, 0.5) is 0 Å². The van der Waals surface area contributed by atoms with E-state index in [0.29, 0.717) is 19.6 Å². The van der Waals surface area contributed by atoms with E-state index in [-0.39, 0.29) is 0 Å². The molecule has 0 fully saturated rings. The van der Waals surface area contributed by atoms with Gasteiger partial charge in [0.05, 0.1) is 6.42 Å². The van der Waals surface area contributed by atoms with Crippen LogP contribution < -0.4 is 0 Å². The molecular formula is C14H22O3. The zero-order chi connectivity index (χ0) is 12.7. The molecule has 0 aromatic heterocycles. The van der Waals surface area contributed by atoms with Crippen molar-refractivity contribution < 1.29 is 14.2 Å². The van der Waals surface area contributed by atoms with Gasteiger partial charge in [-0.25, -0.2) is 0 Å². The molecule has 1 aromatic carbocycles. The summed E-state index contributed by atoms with van der Waals surface area (Å²) >= 11 is 0. The fraction of sp³-hybridized carbons (Fsp3) is 0.571. The lowest BCUT2D eigenvalue weighted by molar-refractivity contribution is -0.367. The van der Waals surface area contributed by atoms with E-state index in [0.717, 1.165) is 5.56 Å². The van der Waals surface area contributed by atoms with Crippen LogP contribution in [0.1, 0.15) is 25.0 Å². The minimum atomic E-state index is -0.960. The van der Waals surface area contributed by atoms with Crippen molar-refractivity contribution in [2.24, 2.45) is 0 Å². The fourth-order valence-electron chi connectivity index (χ4n) is 1.73. The van der Waals surface area contributed by atoms with Crippen LogP contribution in [0.3, 0.4) is 0 Å². The molecule has 0 unspecified atom stereocenters. The maximum absolute atomic E-state index is 5.61. The van der Waals surface area contributed by atoms with Gasteiger partial charge in [-0.1, -0.05) is 29.8 Å². The Kier molecular flexibility index (Phi) is 5.62. The molecule has 0 bridgehead atoms. The summed E-state index contributed by atoms with van der Waals surface area (Å²) < 4.78 is 16.6. The van der Waals surface area contributed by atoms with Gasteiger partial charge in [0.25, 0.3) is 5.97 Å². The van der Waals surface area contributed by atoms with E-state index in [1.807, 2.05) is 13.8 Å². The maximum Gasteiger partial charge on any atom is 0.286 e. The van der Waals surface area contributed by atoms with Crippen molar-refractivity contribution >= 4 is 0 Å². The first-order chi connectivity index (χ1) is 8.15. The number of rotatable bonds is 7. The number of hydrogen-bond donors (Lipinski definition) is 0. The molecule has 0 radical (unpaired) electrons.